The molecule has 10 heteroatoms. The van der Waals surface area contributed by atoms with E-state index in [-0.39, 0.29) is 11.8 Å². The molecule has 0 saturated heterocycles. The first kappa shape index (κ1) is 24.4. The molecule has 5 aromatic rings. The Morgan fingerprint density at radius 3 is 2.47 bits per heavy atom. The molecule has 0 spiro atoms. The summed E-state index contributed by atoms with van der Waals surface area (Å²) in [5.74, 6) is 1.32. The number of hydrogen-bond donors (Lipinski definition) is 2. The van der Waals surface area contributed by atoms with Crippen molar-refractivity contribution in [1.29, 1.82) is 0 Å². The van der Waals surface area contributed by atoms with Crippen LogP contribution in [0.25, 0.3) is 11.0 Å². The zero-order chi connectivity index (χ0) is 26.6. The lowest BCUT2D eigenvalue weighted by molar-refractivity contribution is 0.439. The summed E-state index contributed by atoms with van der Waals surface area (Å²) in [6, 6.07) is 21.0. The minimum atomic E-state index is -0.425. The van der Waals surface area contributed by atoms with Crippen molar-refractivity contribution in [3.63, 3.8) is 0 Å². The number of nitrogens with one attached hydrogen (secondary N) is 1. The van der Waals surface area contributed by atoms with Gasteiger partial charge in [-0.15, -0.1) is 0 Å². The summed E-state index contributed by atoms with van der Waals surface area (Å²) >= 11 is 0. The molecule has 0 amide bonds. The second-order valence-electron chi connectivity index (χ2n) is 8.67. The van der Waals surface area contributed by atoms with Gasteiger partial charge in [0.15, 0.2) is 0 Å². The lowest BCUT2D eigenvalue weighted by atomic mass is 10.1. The van der Waals surface area contributed by atoms with Gasteiger partial charge in [0.2, 0.25) is 11.9 Å². The number of fused-ring (bicyclic) bond motifs is 1. The van der Waals surface area contributed by atoms with Crippen molar-refractivity contribution < 1.29 is 14.3 Å². The number of rotatable bonds is 7. The van der Waals surface area contributed by atoms with Gasteiger partial charge in [-0.2, -0.15) is 15.0 Å². The van der Waals surface area contributed by atoms with Crippen LogP contribution in [0.15, 0.2) is 87.0 Å². The van der Waals surface area contributed by atoms with Gasteiger partial charge in [0.25, 0.3) is 0 Å². The topological polar surface area (TPSA) is 126 Å². The smallest absolute Gasteiger partial charge is 0.336 e. The van der Waals surface area contributed by atoms with E-state index >= 15 is 0 Å². The van der Waals surface area contributed by atoms with Crippen molar-refractivity contribution in [3.05, 3.63) is 94.3 Å². The maximum Gasteiger partial charge on any atom is 0.336 e. The van der Waals surface area contributed by atoms with Crippen LogP contribution in [0.5, 0.6) is 17.5 Å². The maximum absolute atomic E-state index is 11.8. The van der Waals surface area contributed by atoms with Gasteiger partial charge >= 0.3 is 11.6 Å². The van der Waals surface area contributed by atoms with Crippen molar-refractivity contribution in [2.45, 2.75) is 6.92 Å². The number of phenols is 1. The van der Waals surface area contributed by atoms with E-state index in [0.717, 1.165) is 27.9 Å². The third kappa shape index (κ3) is 5.76. The van der Waals surface area contributed by atoms with Gasteiger partial charge in [0.1, 0.15) is 17.1 Å². The highest BCUT2D eigenvalue weighted by Crippen LogP contribution is 2.27. The summed E-state index contributed by atoms with van der Waals surface area (Å²) in [6.07, 6.45) is 1.72. The molecule has 2 N–H and O–H groups in total. The molecule has 5 rings (SSSR count). The Hall–Kier alpha value is -5.25. The number of aliphatic imine (C=N–C) groups is 1. The second kappa shape index (κ2) is 10.4. The Labute approximate surface area is 217 Å². The van der Waals surface area contributed by atoms with Crippen LogP contribution in [0.1, 0.15) is 11.1 Å². The second-order valence-corrected chi connectivity index (χ2v) is 8.67. The van der Waals surface area contributed by atoms with Gasteiger partial charge in [0.05, 0.1) is 5.69 Å². The first-order valence-electron chi connectivity index (χ1n) is 11.7. The molecular weight excluding hydrogens is 484 g/mol. The van der Waals surface area contributed by atoms with Crippen LogP contribution in [0.4, 0.5) is 23.3 Å². The summed E-state index contributed by atoms with van der Waals surface area (Å²) in [5.41, 5.74) is 3.20. The minimum Gasteiger partial charge on any atom is -0.508 e. The number of hydrogen-bond acceptors (Lipinski definition) is 10. The average Bonchev–Trinajstić information content (AvgIpc) is 2.89. The molecule has 2 aromatic heterocycles. The number of aromatic nitrogens is 3. The van der Waals surface area contributed by atoms with Crippen LogP contribution < -0.4 is 20.6 Å². The molecule has 0 unspecified atom stereocenters. The Morgan fingerprint density at radius 1 is 0.974 bits per heavy atom. The van der Waals surface area contributed by atoms with Gasteiger partial charge in [-0.05, 0) is 78.7 Å². The summed E-state index contributed by atoms with van der Waals surface area (Å²) in [7, 11) is 3.63. The summed E-state index contributed by atoms with van der Waals surface area (Å²) in [5, 5.41) is 13.4. The van der Waals surface area contributed by atoms with Crippen LogP contribution in [0.2, 0.25) is 0 Å². The van der Waals surface area contributed by atoms with Gasteiger partial charge < -0.3 is 24.5 Å². The van der Waals surface area contributed by atoms with Gasteiger partial charge in [-0.1, -0.05) is 0 Å². The summed E-state index contributed by atoms with van der Waals surface area (Å²) in [6.45, 7) is 1.85. The molecule has 2 heterocycles. The third-order valence-electron chi connectivity index (χ3n) is 5.51. The van der Waals surface area contributed by atoms with E-state index in [0.29, 0.717) is 23.2 Å². The Bertz CT molecular complexity index is 1680. The number of benzene rings is 3. The largest absolute Gasteiger partial charge is 0.508 e. The van der Waals surface area contributed by atoms with Crippen LogP contribution in [0, 0.1) is 6.92 Å². The predicted molar refractivity (Wildman–Crippen MR) is 147 cm³/mol. The highest BCUT2D eigenvalue weighted by molar-refractivity contribution is 5.82. The van der Waals surface area contributed by atoms with E-state index in [1.54, 1.807) is 47.5 Å². The molecule has 38 heavy (non-hydrogen) atoms. The Morgan fingerprint density at radius 2 is 1.74 bits per heavy atom. The molecular formula is C28H24N6O4. The van der Waals surface area contributed by atoms with E-state index in [1.165, 1.54) is 6.07 Å². The molecule has 0 aliphatic heterocycles. The zero-order valence-corrected chi connectivity index (χ0v) is 20.9. The number of aromatic hydroxyl groups is 1. The van der Waals surface area contributed by atoms with E-state index in [9.17, 15) is 9.90 Å². The predicted octanol–water partition coefficient (Wildman–Crippen LogP) is 5.34. The minimum absolute atomic E-state index is 0.0793. The molecule has 190 valence electrons. The fourth-order valence-corrected chi connectivity index (χ4v) is 3.59. The summed E-state index contributed by atoms with van der Waals surface area (Å²) in [4.78, 5) is 31.2. The van der Waals surface area contributed by atoms with Gasteiger partial charge in [-0.3, -0.25) is 4.99 Å². The number of aryl methyl sites for hydroxylation is 1. The molecule has 0 saturated carbocycles. The number of phenolic OH excluding ortho intramolecular Hbond substituents is 1. The number of ether oxygens (including phenoxy) is 1. The van der Waals surface area contributed by atoms with E-state index in [2.05, 4.69) is 25.3 Å². The molecule has 3 aromatic carbocycles. The van der Waals surface area contributed by atoms with E-state index in [1.807, 2.05) is 51.4 Å². The van der Waals surface area contributed by atoms with Crippen LogP contribution in [-0.4, -0.2) is 40.4 Å². The lowest BCUT2D eigenvalue weighted by Gasteiger charge is -2.14. The maximum atomic E-state index is 11.8. The first-order chi connectivity index (χ1) is 18.3. The number of nitrogens with zero attached hydrogens (tertiary/aromatic N) is 5. The highest BCUT2D eigenvalue weighted by atomic mass is 16.5. The molecule has 0 fully saturated rings. The lowest BCUT2D eigenvalue weighted by Crippen LogP contribution is -2.15. The molecule has 0 bridgehead atoms. The van der Waals surface area contributed by atoms with E-state index < -0.39 is 5.63 Å². The summed E-state index contributed by atoms with van der Waals surface area (Å²) < 4.78 is 11.2. The quantitative estimate of drug-likeness (QED) is 0.221. The van der Waals surface area contributed by atoms with Gasteiger partial charge in [0, 0.05) is 43.5 Å². The fourth-order valence-electron chi connectivity index (χ4n) is 3.59. The molecule has 0 aliphatic carbocycles. The van der Waals surface area contributed by atoms with Crippen molar-refractivity contribution in [3.8, 4) is 17.5 Å². The molecule has 0 aliphatic rings. The van der Waals surface area contributed by atoms with Crippen LogP contribution in [0.3, 0.4) is 0 Å². The normalized spacial score (nSPS) is 11.1. The third-order valence-corrected chi connectivity index (χ3v) is 5.51. The van der Waals surface area contributed by atoms with Crippen molar-refractivity contribution in [2.24, 2.45) is 4.99 Å². The zero-order valence-electron chi connectivity index (χ0n) is 20.9. The molecule has 10 nitrogen and oxygen atoms in total. The standard InChI is InChI=1S/C28H24N6O4/c1-17-14-25(36)38-24-15-22(12-13-23(17)24)37-28-32-26(31-27(33-28)34(2)3)30-20-8-6-19(7-9-20)29-16-18-4-10-21(35)11-5-18/h4-16,35H,1-3H3,(H,30,31,32,33). The molecule has 0 atom stereocenters. The first-order valence-corrected chi connectivity index (χ1v) is 11.7. The Kier molecular flexibility index (Phi) is 6.68. The van der Waals surface area contributed by atoms with Crippen LogP contribution >= 0.6 is 0 Å². The van der Waals surface area contributed by atoms with Crippen LogP contribution in [-0.2, 0) is 0 Å². The average molecular weight is 509 g/mol. The van der Waals surface area contributed by atoms with E-state index in [4.69, 9.17) is 9.15 Å². The monoisotopic (exact) mass is 508 g/mol. The van der Waals surface area contributed by atoms with Crippen molar-refractivity contribution in [1.82, 2.24) is 15.0 Å². The highest BCUT2D eigenvalue weighted by Gasteiger charge is 2.12. The Balaban J connectivity index is 1.35. The number of anilines is 3. The van der Waals surface area contributed by atoms with Crippen molar-refractivity contribution in [2.75, 3.05) is 24.3 Å². The SMILES string of the molecule is Cc1cc(=O)oc2cc(Oc3nc(Nc4ccc(N=Cc5ccc(O)cc5)cc4)nc(N(C)C)n3)ccc12. The van der Waals surface area contributed by atoms with Crippen molar-refractivity contribution >= 4 is 40.5 Å². The fraction of sp³-hybridized carbons (Fsp3) is 0.107. The van der Waals surface area contributed by atoms with Gasteiger partial charge in [-0.25, -0.2) is 4.79 Å². The molecule has 0 radical (unpaired) electrons.